The number of hydrogen-bond donors (Lipinski definition) is 2. The van der Waals surface area contributed by atoms with Crippen LogP contribution in [0.15, 0.2) is 12.1 Å². The summed E-state index contributed by atoms with van der Waals surface area (Å²) in [7, 11) is 0. The van der Waals surface area contributed by atoms with Gasteiger partial charge in [0.2, 0.25) is 0 Å². The molecule has 0 radical (unpaired) electrons. The second-order valence-corrected chi connectivity index (χ2v) is 7.78. The summed E-state index contributed by atoms with van der Waals surface area (Å²) in [4.78, 5) is 0. The smallest absolute Gasteiger partial charge is 0.167 e. The highest BCUT2D eigenvalue weighted by atomic mass is 19.1. The van der Waals surface area contributed by atoms with Crippen molar-refractivity contribution in [2.24, 2.45) is 5.41 Å². The van der Waals surface area contributed by atoms with Crippen molar-refractivity contribution in [1.29, 1.82) is 0 Å². The fraction of sp³-hybridized carbons (Fsp3) is 0.647. The van der Waals surface area contributed by atoms with E-state index < -0.39 is 5.82 Å². The molecule has 0 heterocycles. The number of nitrogen functional groups attached to an aromatic ring is 1. The van der Waals surface area contributed by atoms with E-state index >= 15 is 0 Å². The van der Waals surface area contributed by atoms with Crippen LogP contribution in [0.3, 0.4) is 0 Å². The lowest BCUT2D eigenvalue weighted by atomic mass is 9.81. The summed E-state index contributed by atoms with van der Waals surface area (Å²) in [5, 5.41) is 3.41. The number of hydrogen-bond acceptors (Lipinski definition) is 3. The predicted molar refractivity (Wildman–Crippen MR) is 88.4 cm³/mol. The average Bonchev–Trinajstić information content (AvgIpc) is 2.20. The third-order valence-electron chi connectivity index (χ3n) is 2.91. The van der Waals surface area contributed by atoms with Crippen LogP contribution in [0.5, 0.6) is 5.75 Å². The van der Waals surface area contributed by atoms with Crippen molar-refractivity contribution in [2.45, 2.75) is 66.5 Å². The topological polar surface area (TPSA) is 47.3 Å². The van der Waals surface area contributed by atoms with Crippen LogP contribution in [0.2, 0.25) is 0 Å². The van der Waals surface area contributed by atoms with Crippen LogP contribution in [0.4, 0.5) is 15.8 Å². The standard InChI is InChI=1S/C17H29FN2O/c1-11(2)21-15-9-14(13(19)8-12(15)18)20-17(6,7)10-16(3,4)5/h8-9,11,20H,10,19H2,1-7H3. The third kappa shape index (κ3) is 5.82. The summed E-state index contributed by atoms with van der Waals surface area (Å²) in [6, 6.07) is 2.96. The first-order chi connectivity index (χ1) is 9.39. The summed E-state index contributed by atoms with van der Waals surface area (Å²) in [5.74, 6) is -0.200. The minimum Gasteiger partial charge on any atom is -0.488 e. The Morgan fingerprint density at radius 2 is 1.76 bits per heavy atom. The van der Waals surface area contributed by atoms with Crippen LogP contribution in [-0.4, -0.2) is 11.6 Å². The quantitative estimate of drug-likeness (QED) is 0.766. The van der Waals surface area contributed by atoms with E-state index in [0.717, 1.165) is 6.42 Å². The number of anilines is 2. The van der Waals surface area contributed by atoms with Crippen molar-refractivity contribution in [1.82, 2.24) is 0 Å². The van der Waals surface area contributed by atoms with Gasteiger partial charge in [0.1, 0.15) is 0 Å². The highest BCUT2D eigenvalue weighted by Crippen LogP contribution is 2.34. The number of nitrogens with one attached hydrogen (secondary N) is 1. The Morgan fingerprint density at radius 3 is 2.24 bits per heavy atom. The number of halogens is 1. The molecule has 1 aromatic rings. The molecule has 0 aliphatic carbocycles. The molecule has 0 saturated heterocycles. The SMILES string of the molecule is CC(C)Oc1cc(NC(C)(C)CC(C)(C)C)c(N)cc1F. The molecule has 0 aromatic heterocycles. The molecular formula is C17H29FN2O. The summed E-state index contributed by atoms with van der Waals surface area (Å²) in [6.07, 6.45) is 0.871. The van der Waals surface area contributed by atoms with Gasteiger partial charge in [-0.15, -0.1) is 0 Å². The monoisotopic (exact) mass is 296 g/mol. The van der Waals surface area contributed by atoms with Crippen molar-refractivity contribution < 1.29 is 9.13 Å². The largest absolute Gasteiger partial charge is 0.488 e. The summed E-state index contributed by atoms with van der Waals surface area (Å²) in [6.45, 7) is 14.5. The van der Waals surface area contributed by atoms with E-state index in [1.807, 2.05) is 13.8 Å². The summed E-state index contributed by atoms with van der Waals surface area (Å²) < 4.78 is 19.3. The van der Waals surface area contributed by atoms with Gasteiger partial charge < -0.3 is 15.8 Å². The average molecular weight is 296 g/mol. The van der Waals surface area contributed by atoms with Crippen molar-refractivity contribution in [3.05, 3.63) is 17.9 Å². The highest BCUT2D eigenvalue weighted by molar-refractivity contribution is 5.69. The van der Waals surface area contributed by atoms with Gasteiger partial charge in [0.05, 0.1) is 17.5 Å². The van der Waals surface area contributed by atoms with Gasteiger partial charge in [0, 0.05) is 17.7 Å². The Morgan fingerprint density at radius 1 is 1.19 bits per heavy atom. The van der Waals surface area contributed by atoms with Gasteiger partial charge in [-0.3, -0.25) is 0 Å². The molecule has 120 valence electrons. The zero-order chi connectivity index (χ0) is 16.4. The maximum absolute atomic E-state index is 13.9. The van der Waals surface area contributed by atoms with Crippen molar-refractivity contribution >= 4 is 11.4 Å². The van der Waals surface area contributed by atoms with E-state index in [4.69, 9.17) is 10.5 Å². The zero-order valence-corrected chi connectivity index (χ0v) is 14.3. The Kier molecular flexibility index (Phi) is 5.13. The molecule has 1 aromatic carbocycles. The van der Waals surface area contributed by atoms with Crippen molar-refractivity contribution in [3.63, 3.8) is 0 Å². The van der Waals surface area contributed by atoms with Crippen LogP contribution in [-0.2, 0) is 0 Å². The minimum absolute atomic E-state index is 0.0847. The predicted octanol–water partition coefficient (Wildman–Crippen LogP) is 4.82. The van der Waals surface area contributed by atoms with Gasteiger partial charge in [-0.1, -0.05) is 20.8 Å². The molecule has 0 amide bonds. The molecule has 21 heavy (non-hydrogen) atoms. The molecule has 3 N–H and O–H groups in total. The van der Waals surface area contributed by atoms with Crippen LogP contribution in [0, 0.1) is 11.2 Å². The zero-order valence-electron chi connectivity index (χ0n) is 14.3. The second-order valence-electron chi connectivity index (χ2n) is 7.78. The van der Waals surface area contributed by atoms with Crippen molar-refractivity contribution in [2.75, 3.05) is 11.1 Å². The minimum atomic E-state index is -0.430. The number of ether oxygens (including phenoxy) is 1. The van der Waals surface area contributed by atoms with E-state index in [1.54, 1.807) is 6.07 Å². The Hall–Kier alpha value is -1.45. The molecule has 4 heteroatoms. The van der Waals surface area contributed by atoms with E-state index in [9.17, 15) is 4.39 Å². The molecule has 1 rings (SSSR count). The molecular weight excluding hydrogens is 267 g/mol. The van der Waals surface area contributed by atoms with Crippen LogP contribution >= 0.6 is 0 Å². The normalized spacial score (nSPS) is 12.6. The molecule has 0 atom stereocenters. The Balaban J connectivity index is 3.02. The van der Waals surface area contributed by atoms with Gasteiger partial charge in [0.15, 0.2) is 11.6 Å². The maximum Gasteiger partial charge on any atom is 0.167 e. The number of rotatable bonds is 5. The molecule has 0 spiro atoms. The first-order valence-electron chi connectivity index (χ1n) is 7.43. The van der Waals surface area contributed by atoms with Crippen LogP contribution in [0.25, 0.3) is 0 Å². The molecule has 0 aliphatic heterocycles. The Labute approximate surface area is 128 Å². The Bertz CT molecular complexity index is 490. The van der Waals surface area contributed by atoms with Gasteiger partial charge in [-0.25, -0.2) is 4.39 Å². The van der Waals surface area contributed by atoms with Crippen LogP contribution in [0.1, 0.15) is 54.9 Å². The molecule has 3 nitrogen and oxygen atoms in total. The van der Waals surface area contributed by atoms with E-state index in [1.165, 1.54) is 6.07 Å². The third-order valence-corrected chi connectivity index (χ3v) is 2.91. The molecule has 0 unspecified atom stereocenters. The lowest BCUT2D eigenvalue weighted by Gasteiger charge is -2.34. The van der Waals surface area contributed by atoms with Gasteiger partial charge in [0.25, 0.3) is 0 Å². The summed E-state index contributed by atoms with van der Waals surface area (Å²) in [5.41, 5.74) is 7.07. The van der Waals surface area contributed by atoms with Gasteiger partial charge >= 0.3 is 0 Å². The summed E-state index contributed by atoms with van der Waals surface area (Å²) >= 11 is 0. The first kappa shape index (κ1) is 17.6. The fourth-order valence-corrected chi connectivity index (χ4v) is 2.76. The molecule has 0 aliphatic rings. The van der Waals surface area contributed by atoms with E-state index in [0.29, 0.717) is 11.4 Å². The first-order valence-corrected chi connectivity index (χ1v) is 7.43. The van der Waals surface area contributed by atoms with E-state index in [-0.39, 0.29) is 22.8 Å². The maximum atomic E-state index is 13.9. The van der Waals surface area contributed by atoms with Crippen molar-refractivity contribution in [3.8, 4) is 5.75 Å². The molecule has 0 fully saturated rings. The van der Waals surface area contributed by atoms with Gasteiger partial charge in [-0.2, -0.15) is 0 Å². The van der Waals surface area contributed by atoms with E-state index in [2.05, 4.69) is 39.9 Å². The van der Waals surface area contributed by atoms with Crippen LogP contribution < -0.4 is 15.8 Å². The van der Waals surface area contributed by atoms with Gasteiger partial charge in [-0.05, 0) is 39.5 Å². The lowest BCUT2D eigenvalue weighted by Crippen LogP contribution is -2.35. The fourth-order valence-electron chi connectivity index (χ4n) is 2.76. The highest BCUT2D eigenvalue weighted by Gasteiger charge is 2.26. The number of nitrogens with two attached hydrogens (primary N) is 1. The second kappa shape index (κ2) is 6.12. The lowest BCUT2D eigenvalue weighted by molar-refractivity contribution is 0.231. The number of benzene rings is 1. The molecule has 0 bridgehead atoms. The molecule has 0 saturated carbocycles.